The van der Waals surface area contributed by atoms with E-state index in [0.29, 0.717) is 11.1 Å². The van der Waals surface area contributed by atoms with Crippen molar-refractivity contribution >= 4 is 21.8 Å². The Balaban J connectivity index is 1.80. The smallest absolute Gasteiger partial charge is 0.416 e. The maximum absolute atomic E-state index is 14.4. The average molecular weight is 473 g/mol. The summed E-state index contributed by atoms with van der Waals surface area (Å²) in [6.07, 6.45) is -4.44. The Morgan fingerprint density at radius 3 is 2.45 bits per heavy atom. The number of alkyl halides is 3. The number of aromatic nitrogens is 1. The topological polar surface area (TPSA) is 78.3 Å². The van der Waals surface area contributed by atoms with Crippen molar-refractivity contribution in [3.8, 4) is 17.0 Å². The van der Waals surface area contributed by atoms with Gasteiger partial charge >= 0.3 is 6.18 Å². The van der Waals surface area contributed by atoms with Crippen LogP contribution in [0.25, 0.3) is 11.3 Å². The minimum Gasteiger partial charge on any atom is -0.481 e. The second-order valence-electron chi connectivity index (χ2n) is 6.03. The van der Waals surface area contributed by atoms with E-state index in [1.807, 2.05) is 0 Å². The van der Waals surface area contributed by atoms with Crippen molar-refractivity contribution in [3.05, 3.63) is 69.5 Å². The number of hydrogen-bond acceptors (Lipinski definition) is 4. The van der Waals surface area contributed by atoms with Gasteiger partial charge in [0.1, 0.15) is 5.69 Å². The van der Waals surface area contributed by atoms with E-state index >= 15 is 0 Å². The molecule has 29 heavy (non-hydrogen) atoms. The Labute approximate surface area is 170 Å². The molecule has 0 unspecified atom stereocenters. The Morgan fingerprint density at radius 1 is 1.21 bits per heavy atom. The van der Waals surface area contributed by atoms with Crippen LogP contribution in [0, 0.1) is 12.7 Å². The van der Waals surface area contributed by atoms with Gasteiger partial charge in [-0.15, -0.1) is 0 Å². The third-order valence-corrected chi connectivity index (χ3v) is 4.57. The molecule has 10 heteroatoms. The molecule has 0 bridgehead atoms. The molecule has 0 radical (unpaired) electrons. The second kappa shape index (κ2) is 7.86. The number of rotatable bonds is 5. The molecule has 0 aliphatic carbocycles. The van der Waals surface area contributed by atoms with E-state index < -0.39 is 23.5 Å². The van der Waals surface area contributed by atoms with Crippen LogP contribution in [0.15, 0.2) is 45.5 Å². The monoisotopic (exact) mass is 472 g/mol. The number of carbonyl (C=O) groups excluding carboxylic acids is 1. The lowest BCUT2D eigenvalue weighted by atomic mass is 10.1. The summed E-state index contributed by atoms with van der Waals surface area (Å²) in [5, 5.41) is 0. The van der Waals surface area contributed by atoms with Gasteiger partial charge in [-0.3, -0.25) is 4.79 Å². The summed E-state index contributed by atoms with van der Waals surface area (Å²) in [4.78, 5) is 15.5. The number of primary amides is 1. The summed E-state index contributed by atoms with van der Waals surface area (Å²) in [5.74, 6) is -1.98. The first-order valence-electron chi connectivity index (χ1n) is 8.12. The highest BCUT2D eigenvalue weighted by atomic mass is 79.9. The molecule has 5 nitrogen and oxygen atoms in total. The Kier molecular flexibility index (Phi) is 5.65. The molecule has 0 atom stereocenters. The van der Waals surface area contributed by atoms with Gasteiger partial charge in [0.25, 0.3) is 5.91 Å². The number of aryl methyl sites for hydroxylation is 1. The molecule has 0 aliphatic heterocycles. The second-order valence-corrected chi connectivity index (χ2v) is 6.75. The predicted molar refractivity (Wildman–Crippen MR) is 98.6 cm³/mol. The summed E-state index contributed by atoms with van der Waals surface area (Å²) >= 11 is 3.15. The van der Waals surface area contributed by atoms with Gasteiger partial charge in [0.05, 0.1) is 11.1 Å². The molecule has 152 valence electrons. The molecule has 3 rings (SSSR count). The normalized spacial score (nSPS) is 11.5. The highest BCUT2D eigenvalue weighted by Crippen LogP contribution is 2.33. The molecule has 0 spiro atoms. The fraction of sp³-hybridized carbons (Fsp3) is 0.158. The van der Waals surface area contributed by atoms with Crippen LogP contribution < -0.4 is 10.5 Å². The van der Waals surface area contributed by atoms with Crippen LogP contribution in [0.1, 0.15) is 27.4 Å². The van der Waals surface area contributed by atoms with Crippen LogP contribution in [-0.2, 0) is 12.8 Å². The summed E-state index contributed by atoms with van der Waals surface area (Å²) in [7, 11) is 0. The first-order chi connectivity index (χ1) is 13.6. The van der Waals surface area contributed by atoms with Crippen molar-refractivity contribution in [3.63, 3.8) is 0 Å². The number of benzene rings is 2. The first kappa shape index (κ1) is 20.8. The SMILES string of the molecule is Cc1ccc(OCc2nc(-c3ccc(C(F)(F)F)cc3)c(Br)o2)c(F)c1C(N)=O. The summed E-state index contributed by atoms with van der Waals surface area (Å²) < 4.78 is 63.3. The van der Waals surface area contributed by atoms with E-state index in [-0.39, 0.29) is 34.2 Å². The number of nitrogens with two attached hydrogens (primary N) is 1. The van der Waals surface area contributed by atoms with E-state index in [4.69, 9.17) is 14.9 Å². The molecule has 1 heterocycles. The van der Waals surface area contributed by atoms with Crippen molar-refractivity contribution < 1.29 is 31.5 Å². The van der Waals surface area contributed by atoms with Gasteiger partial charge in [-0.05, 0) is 46.6 Å². The van der Waals surface area contributed by atoms with Crippen LogP contribution in [0.2, 0.25) is 0 Å². The lowest BCUT2D eigenvalue weighted by Gasteiger charge is -2.09. The molecular weight excluding hydrogens is 460 g/mol. The number of carbonyl (C=O) groups is 1. The lowest BCUT2D eigenvalue weighted by Crippen LogP contribution is -2.15. The minimum absolute atomic E-state index is 0.0485. The highest BCUT2D eigenvalue weighted by Gasteiger charge is 2.30. The quantitative estimate of drug-likeness (QED) is 0.514. The van der Waals surface area contributed by atoms with Gasteiger partial charge < -0.3 is 14.9 Å². The van der Waals surface area contributed by atoms with Crippen LogP contribution in [0.5, 0.6) is 5.75 Å². The van der Waals surface area contributed by atoms with Crippen LogP contribution in [-0.4, -0.2) is 10.9 Å². The number of ether oxygens (including phenoxy) is 1. The van der Waals surface area contributed by atoms with Crippen molar-refractivity contribution in [2.45, 2.75) is 19.7 Å². The predicted octanol–water partition coefficient (Wildman–Crippen LogP) is 5.25. The largest absolute Gasteiger partial charge is 0.481 e. The van der Waals surface area contributed by atoms with Gasteiger partial charge in [0.15, 0.2) is 22.8 Å². The summed E-state index contributed by atoms with van der Waals surface area (Å²) in [5.41, 5.74) is 5.13. The number of oxazole rings is 1. The van der Waals surface area contributed by atoms with E-state index in [0.717, 1.165) is 12.1 Å². The molecule has 0 fully saturated rings. The van der Waals surface area contributed by atoms with E-state index in [1.54, 1.807) is 0 Å². The lowest BCUT2D eigenvalue weighted by molar-refractivity contribution is -0.137. The standard InChI is InChI=1S/C19H13BrF4N2O3/c1-9-2-7-12(15(21)14(9)18(25)27)28-8-13-26-16(17(20)29-13)10-3-5-11(6-4-10)19(22,23)24/h2-7H,8H2,1H3,(H2,25,27). The first-order valence-corrected chi connectivity index (χ1v) is 8.91. The van der Waals surface area contributed by atoms with Crippen LogP contribution in [0.3, 0.4) is 0 Å². The Morgan fingerprint density at radius 2 is 1.86 bits per heavy atom. The number of halogens is 5. The average Bonchev–Trinajstić information content (AvgIpc) is 3.01. The van der Waals surface area contributed by atoms with E-state index in [9.17, 15) is 22.4 Å². The maximum atomic E-state index is 14.4. The third-order valence-electron chi connectivity index (χ3n) is 4.03. The molecule has 3 aromatic rings. The Hall–Kier alpha value is -2.88. The molecule has 0 saturated carbocycles. The minimum atomic E-state index is -4.44. The highest BCUT2D eigenvalue weighted by molar-refractivity contribution is 9.10. The zero-order valence-electron chi connectivity index (χ0n) is 14.8. The third kappa shape index (κ3) is 4.42. The zero-order valence-corrected chi connectivity index (χ0v) is 16.4. The molecular formula is C19H13BrF4N2O3. The number of amides is 1. The molecule has 1 amide bonds. The zero-order chi connectivity index (χ0) is 21.3. The molecule has 1 aromatic heterocycles. The van der Waals surface area contributed by atoms with Crippen molar-refractivity contribution in [1.82, 2.24) is 4.98 Å². The van der Waals surface area contributed by atoms with Gasteiger partial charge in [0, 0.05) is 5.56 Å². The van der Waals surface area contributed by atoms with Gasteiger partial charge in [0.2, 0.25) is 5.89 Å². The van der Waals surface area contributed by atoms with E-state index in [1.165, 1.54) is 31.2 Å². The van der Waals surface area contributed by atoms with Gasteiger partial charge in [-0.2, -0.15) is 13.2 Å². The molecule has 0 saturated heterocycles. The van der Waals surface area contributed by atoms with Crippen LogP contribution in [0.4, 0.5) is 17.6 Å². The van der Waals surface area contributed by atoms with E-state index in [2.05, 4.69) is 20.9 Å². The summed E-state index contributed by atoms with van der Waals surface area (Å²) in [6, 6.07) is 7.20. The summed E-state index contributed by atoms with van der Waals surface area (Å²) in [6.45, 7) is 1.26. The van der Waals surface area contributed by atoms with Crippen LogP contribution >= 0.6 is 15.9 Å². The fourth-order valence-corrected chi connectivity index (χ4v) is 3.11. The van der Waals surface area contributed by atoms with Crippen molar-refractivity contribution in [2.75, 3.05) is 0 Å². The van der Waals surface area contributed by atoms with Gasteiger partial charge in [-0.25, -0.2) is 9.37 Å². The Bertz CT molecular complexity index is 1060. The molecule has 2 N–H and O–H groups in total. The fourth-order valence-electron chi connectivity index (χ4n) is 2.61. The van der Waals surface area contributed by atoms with Crippen molar-refractivity contribution in [2.24, 2.45) is 5.73 Å². The molecule has 0 aliphatic rings. The van der Waals surface area contributed by atoms with Crippen molar-refractivity contribution in [1.29, 1.82) is 0 Å². The maximum Gasteiger partial charge on any atom is 0.416 e. The van der Waals surface area contributed by atoms with Gasteiger partial charge in [-0.1, -0.05) is 18.2 Å². The number of nitrogens with zero attached hydrogens (tertiary/aromatic N) is 1. The number of hydrogen-bond donors (Lipinski definition) is 1. The molecule has 2 aromatic carbocycles.